The Labute approximate surface area is 101 Å². The second-order valence-electron chi connectivity index (χ2n) is 4.10. The minimum atomic E-state index is 0.776. The molecule has 2 atom stereocenters. The number of thioether (sulfide) groups is 1. The van der Waals surface area contributed by atoms with Gasteiger partial charge in [-0.25, -0.2) is 0 Å². The van der Waals surface area contributed by atoms with Crippen molar-refractivity contribution in [2.24, 2.45) is 0 Å². The maximum Gasteiger partial charge on any atom is 0.0184 e. The van der Waals surface area contributed by atoms with Crippen LogP contribution in [0.15, 0.2) is 0 Å². The standard InChI is InChI=1S/C11H22BrNS/c1-10-11(2)14-9-8-13(10)7-5-3-4-6-12/h10-11H,3-9H2,1-2H3. The van der Waals surface area contributed by atoms with Crippen molar-refractivity contribution >= 4 is 27.7 Å². The minimum Gasteiger partial charge on any atom is -0.299 e. The number of nitrogens with zero attached hydrogens (tertiary/aromatic N) is 1. The summed E-state index contributed by atoms with van der Waals surface area (Å²) in [7, 11) is 0. The largest absolute Gasteiger partial charge is 0.299 e. The number of hydrogen-bond acceptors (Lipinski definition) is 2. The number of rotatable bonds is 5. The molecule has 1 heterocycles. The smallest absolute Gasteiger partial charge is 0.0184 e. The van der Waals surface area contributed by atoms with Gasteiger partial charge in [0.15, 0.2) is 0 Å². The van der Waals surface area contributed by atoms with Gasteiger partial charge < -0.3 is 0 Å². The summed E-state index contributed by atoms with van der Waals surface area (Å²) in [5, 5.41) is 1.98. The fraction of sp³-hybridized carbons (Fsp3) is 1.00. The summed E-state index contributed by atoms with van der Waals surface area (Å²) >= 11 is 5.60. The molecule has 1 aliphatic heterocycles. The summed E-state index contributed by atoms with van der Waals surface area (Å²) in [5.74, 6) is 1.32. The molecule has 14 heavy (non-hydrogen) atoms. The molecule has 0 N–H and O–H groups in total. The van der Waals surface area contributed by atoms with Gasteiger partial charge in [0.25, 0.3) is 0 Å². The third-order valence-corrected chi connectivity index (χ3v) is 4.99. The molecule has 0 saturated carbocycles. The first-order chi connectivity index (χ1) is 6.75. The first-order valence-corrected chi connectivity index (χ1v) is 7.84. The van der Waals surface area contributed by atoms with E-state index in [1.807, 2.05) is 0 Å². The van der Waals surface area contributed by atoms with E-state index in [0.29, 0.717) is 0 Å². The normalized spacial score (nSPS) is 29.4. The molecule has 0 bridgehead atoms. The highest BCUT2D eigenvalue weighted by molar-refractivity contribution is 9.09. The molecule has 2 unspecified atom stereocenters. The Morgan fingerprint density at radius 3 is 2.79 bits per heavy atom. The van der Waals surface area contributed by atoms with E-state index in [-0.39, 0.29) is 0 Å². The third-order valence-electron chi connectivity index (χ3n) is 3.09. The Balaban J connectivity index is 2.15. The van der Waals surface area contributed by atoms with Gasteiger partial charge in [0.2, 0.25) is 0 Å². The van der Waals surface area contributed by atoms with E-state index >= 15 is 0 Å². The second kappa shape index (κ2) is 7.13. The quantitative estimate of drug-likeness (QED) is 0.561. The van der Waals surface area contributed by atoms with Gasteiger partial charge in [0, 0.05) is 28.9 Å². The molecule has 0 radical (unpaired) electrons. The third kappa shape index (κ3) is 4.11. The first kappa shape index (κ1) is 12.9. The van der Waals surface area contributed by atoms with Crippen molar-refractivity contribution in [1.82, 2.24) is 4.90 Å². The lowest BCUT2D eigenvalue weighted by Gasteiger charge is -2.37. The molecule has 0 aromatic rings. The molecule has 1 aliphatic rings. The van der Waals surface area contributed by atoms with Crippen LogP contribution in [0.2, 0.25) is 0 Å². The number of halogens is 1. The summed E-state index contributed by atoms with van der Waals surface area (Å²) < 4.78 is 0. The molecule has 1 fully saturated rings. The Morgan fingerprint density at radius 2 is 2.07 bits per heavy atom. The van der Waals surface area contributed by atoms with Crippen LogP contribution < -0.4 is 0 Å². The van der Waals surface area contributed by atoms with Crippen LogP contribution in [0.5, 0.6) is 0 Å². The number of hydrogen-bond donors (Lipinski definition) is 0. The predicted molar refractivity (Wildman–Crippen MR) is 70.6 cm³/mol. The van der Waals surface area contributed by atoms with Gasteiger partial charge in [-0.15, -0.1) is 0 Å². The Bertz CT molecular complexity index is 154. The lowest BCUT2D eigenvalue weighted by Crippen LogP contribution is -2.44. The van der Waals surface area contributed by atoms with Crippen LogP contribution in [0, 0.1) is 0 Å². The minimum absolute atomic E-state index is 0.776. The maximum atomic E-state index is 3.48. The van der Waals surface area contributed by atoms with Crippen LogP contribution in [-0.4, -0.2) is 40.4 Å². The fourth-order valence-corrected chi connectivity index (χ4v) is 3.46. The van der Waals surface area contributed by atoms with Crippen LogP contribution in [0.1, 0.15) is 33.1 Å². The molecule has 0 aliphatic carbocycles. The van der Waals surface area contributed by atoms with Crippen molar-refractivity contribution in [3.63, 3.8) is 0 Å². The van der Waals surface area contributed by atoms with Gasteiger partial charge in [-0.05, 0) is 26.3 Å². The zero-order valence-electron chi connectivity index (χ0n) is 9.34. The van der Waals surface area contributed by atoms with Crippen LogP contribution in [0.25, 0.3) is 0 Å². The van der Waals surface area contributed by atoms with Crippen molar-refractivity contribution in [3.8, 4) is 0 Å². The molecule has 1 nitrogen and oxygen atoms in total. The molecular formula is C11H22BrNS. The molecule has 3 heteroatoms. The van der Waals surface area contributed by atoms with Crippen molar-refractivity contribution in [2.75, 3.05) is 24.2 Å². The zero-order valence-corrected chi connectivity index (χ0v) is 11.7. The summed E-state index contributed by atoms with van der Waals surface area (Å²) in [4.78, 5) is 2.66. The average Bonchev–Trinajstić information content (AvgIpc) is 2.19. The Hall–Kier alpha value is 0.790. The highest BCUT2D eigenvalue weighted by atomic mass is 79.9. The van der Waals surface area contributed by atoms with Crippen LogP contribution >= 0.6 is 27.7 Å². The SMILES string of the molecule is CC1SCCN(CCCCCBr)C1C. The maximum absolute atomic E-state index is 3.48. The number of unbranched alkanes of at least 4 members (excludes halogenated alkanes) is 2. The molecule has 0 aromatic heterocycles. The van der Waals surface area contributed by atoms with E-state index < -0.39 is 0 Å². The van der Waals surface area contributed by atoms with Crippen LogP contribution in [0.4, 0.5) is 0 Å². The monoisotopic (exact) mass is 279 g/mol. The lowest BCUT2D eigenvalue weighted by molar-refractivity contribution is 0.209. The molecule has 0 spiro atoms. The van der Waals surface area contributed by atoms with Gasteiger partial charge in [0.05, 0.1) is 0 Å². The Morgan fingerprint density at radius 1 is 1.29 bits per heavy atom. The van der Waals surface area contributed by atoms with Gasteiger partial charge in [-0.2, -0.15) is 11.8 Å². The van der Waals surface area contributed by atoms with Crippen molar-refractivity contribution in [2.45, 2.75) is 44.4 Å². The van der Waals surface area contributed by atoms with E-state index in [0.717, 1.165) is 16.6 Å². The molecule has 1 saturated heterocycles. The van der Waals surface area contributed by atoms with Crippen LogP contribution in [-0.2, 0) is 0 Å². The summed E-state index contributed by atoms with van der Waals surface area (Å²) in [6, 6.07) is 0.776. The van der Waals surface area contributed by atoms with Gasteiger partial charge in [-0.1, -0.05) is 29.3 Å². The van der Waals surface area contributed by atoms with Crippen molar-refractivity contribution in [3.05, 3.63) is 0 Å². The zero-order chi connectivity index (χ0) is 10.4. The summed E-state index contributed by atoms with van der Waals surface area (Å²) in [6.45, 7) is 7.34. The molecule has 84 valence electrons. The summed E-state index contributed by atoms with van der Waals surface area (Å²) in [5.41, 5.74) is 0. The highest BCUT2D eigenvalue weighted by Crippen LogP contribution is 2.24. The molecule has 0 aromatic carbocycles. The van der Waals surface area contributed by atoms with E-state index in [1.165, 1.54) is 38.1 Å². The lowest BCUT2D eigenvalue weighted by atomic mass is 10.1. The number of alkyl halides is 1. The summed E-state index contributed by atoms with van der Waals surface area (Å²) in [6.07, 6.45) is 4.07. The topological polar surface area (TPSA) is 3.24 Å². The van der Waals surface area contributed by atoms with E-state index in [4.69, 9.17) is 0 Å². The first-order valence-electron chi connectivity index (χ1n) is 5.67. The fourth-order valence-electron chi connectivity index (χ4n) is 1.90. The molecule has 0 amide bonds. The van der Waals surface area contributed by atoms with Gasteiger partial charge in [-0.3, -0.25) is 4.90 Å². The van der Waals surface area contributed by atoms with Crippen molar-refractivity contribution < 1.29 is 0 Å². The Kier molecular flexibility index (Phi) is 6.55. The van der Waals surface area contributed by atoms with E-state index in [9.17, 15) is 0 Å². The van der Waals surface area contributed by atoms with E-state index in [2.05, 4.69) is 46.4 Å². The van der Waals surface area contributed by atoms with Gasteiger partial charge in [0.1, 0.15) is 0 Å². The van der Waals surface area contributed by atoms with E-state index in [1.54, 1.807) is 0 Å². The highest BCUT2D eigenvalue weighted by Gasteiger charge is 2.24. The van der Waals surface area contributed by atoms with Crippen molar-refractivity contribution in [1.29, 1.82) is 0 Å². The average molecular weight is 280 g/mol. The molecular weight excluding hydrogens is 258 g/mol. The molecule has 1 rings (SSSR count). The predicted octanol–water partition coefficient (Wildman–Crippen LogP) is 3.38. The van der Waals surface area contributed by atoms with Crippen LogP contribution in [0.3, 0.4) is 0 Å². The van der Waals surface area contributed by atoms with Gasteiger partial charge >= 0.3 is 0 Å². The second-order valence-corrected chi connectivity index (χ2v) is 6.38.